The normalized spacial score (nSPS) is 26.9. The summed E-state index contributed by atoms with van der Waals surface area (Å²) < 4.78 is 0. The highest BCUT2D eigenvalue weighted by molar-refractivity contribution is 5.96. The number of aliphatic imine (C=N–C) groups is 1. The van der Waals surface area contributed by atoms with Gasteiger partial charge < -0.3 is 21.5 Å². The first-order chi connectivity index (χ1) is 15.3. The third-order valence-corrected chi connectivity index (χ3v) is 7.19. The van der Waals surface area contributed by atoms with Crippen molar-refractivity contribution in [2.45, 2.75) is 76.1 Å². The largest absolute Gasteiger partial charge is 0.389 e. The zero-order valence-corrected chi connectivity index (χ0v) is 19.7. The van der Waals surface area contributed by atoms with Gasteiger partial charge in [0.1, 0.15) is 0 Å². The molecule has 1 aliphatic heterocycles. The summed E-state index contributed by atoms with van der Waals surface area (Å²) in [6.07, 6.45) is 6.69. The number of aryl methyl sites for hydroxylation is 1. The fourth-order valence-electron chi connectivity index (χ4n) is 5.14. The smallest absolute Gasteiger partial charge is 0.251 e. The number of fused-ring (bicyclic) bond motifs is 1. The number of amides is 1. The first-order valence-electron chi connectivity index (χ1n) is 11.8. The highest BCUT2D eigenvalue weighted by Gasteiger charge is 2.53. The molecule has 1 heterocycles. The molecule has 1 fully saturated rings. The molecule has 5 N–H and O–H groups in total. The molecule has 7 nitrogen and oxygen atoms in total. The number of likely N-dealkylation sites (tertiary alicyclic amines) is 1. The molecule has 0 spiro atoms. The molecule has 4 atom stereocenters. The van der Waals surface area contributed by atoms with Crippen LogP contribution in [0.25, 0.3) is 0 Å². The van der Waals surface area contributed by atoms with Crippen LogP contribution in [0.4, 0.5) is 0 Å². The third kappa shape index (κ3) is 4.84. The minimum atomic E-state index is -0.800. The summed E-state index contributed by atoms with van der Waals surface area (Å²) in [5.74, 6) is 0.466. The standard InChI is InChI=1S/C25H39N5O2/c1-5-10-22(26)29-21(15-27-6-2)25(3)23(31)20(16-30(25)4)28-24(32)19-14-9-12-17-11-7-8-13-18(17)19/h6,9,12,14,20-21,23,27,31H,2,5,7-8,10-11,13,15-16H2,1,3-4H3,(H2,26,29)(H,28,32). The number of nitrogens with one attached hydrogen (secondary N) is 2. The Bertz CT molecular complexity index is 855. The van der Waals surface area contributed by atoms with Crippen LogP contribution in [0.1, 0.15) is 61.0 Å². The third-order valence-electron chi connectivity index (χ3n) is 7.19. The molecule has 0 aromatic heterocycles. The van der Waals surface area contributed by atoms with Gasteiger partial charge in [0.15, 0.2) is 0 Å². The molecule has 2 aliphatic rings. The van der Waals surface area contributed by atoms with Crippen molar-refractivity contribution in [3.05, 3.63) is 47.7 Å². The lowest BCUT2D eigenvalue weighted by Gasteiger charge is -2.40. The van der Waals surface area contributed by atoms with Crippen LogP contribution < -0.4 is 16.4 Å². The number of amidine groups is 1. The first kappa shape index (κ1) is 24.3. The van der Waals surface area contributed by atoms with Gasteiger partial charge in [0.05, 0.1) is 29.6 Å². The van der Waals surface area contributed by atoms with E-state index in [0.29, 0.717) is 25.3 Å². The second kappa shape index (κ2) is 10.5. The molecule has 0 bridgehead atoms. The Kier molecular flexibility index (Phi) is 7.96. The van der Waals surface area contributed by atoms with Crippen molar-refractivity contribution in [3.8, 4) is 0 Å². The molecule has 176 valence electrons. The highest BCUT2D eigenvalue weighted by atomic mass is 16.3. The van der Waals surface area contributed by atoms with E-state index >= 15 is 0 Å². The number of hydrogen-bond acceptors (Lipinski definition) is 5. The molecule has 1 aromatic rings. The maximum Gasteiger partial charge on any atom is 0.251 e. The van der Waals surface area contributed by atoms with Crippen molar-refractivity contribution in [2.24, 2.45) is 10.7 Å². The molecule has 1 aromatic carbocycles. The average molecular weight is 442 g/mol. The number of benzene rings is 1. The van der Waals surface area contributed by atoms with Gasteiger partial charge in [0.2, 0.25) is 0 Å². The predicted octanol–water partition coefficient (Wildman–Crippen LogP) is 1.99. The van der Waals surface area contributed by atoms with Gasteiger partial charge in [-0.25, -0.2) is 0 Å². The van der Waals surface area contributed by atoms with Gasteiger partial charge in [-0.3, -0.25) is 14.7 Å². The van der Waals surface area contributed by atoms with Crippen molar-refractivity contribution in [1.82, 2.24) is 15.5 Å². The summed E-state index contributed by atoms with van der Waals surface area (Å²) in [7, 11) is 1.96. The van der Waals surface area contributed by atoms with Crippen LogP contribution in [0.3, 0.4) is 0 Å². The van der Waals surface area contributed by atoms with E-state index in [1.165, 1.54) is 12.0 Å². The Labute approximate surface area is 192 Å². The number of nitrogens with zero attached hydrogens (tertiary/aromatic N) is 2. The number of nitrogens with two attached hydrogens (primary N) is 1. The molecule has 1 saturated heterocycles. The van der Waals surface area contributed by atoms with Crippen molar-refractivity contribution in [1.29, 1.82) is 0 Å². The summed E-state index contributed by atoms with van der Waals surface area (Å²) in [6, 6.07) is 5.29. The number of likely N-dealkylation sites (N-methyl/N-ethyl adjacent to an activating group) is 1. The molecular weight excluding hydrogens is 402 g/mol. The molecule has 4 unspecified atom stereocenters. The summed E-state index contributed by atoms with van der Waals surface area (Å²) in [6.45, 7) is 8.82. The van der Waals surface area contributed by atoms with Crippen LogP contribution in [0.15, 0.2) is 36.0 Å². The quantitative estimate of drug-likeness (QED) is 0.347. The summed E-state index contributed by atoms with van der Waals surface area (Å²) in [5, 5.41) is 17.7. The van der Waals surface area contributed by atoms with E-state index in [4.69, 9.17) is 10.7 Å². The molecule has 0 saturated carbocycles. The monoisotopic (exact) mass is 441 g/mol. The second-order valence-corrected chi connectivity index (χ2v) is 9.28. The Morgan fingerprint density at radius 1 is 1.44 bits per heavy atom. The van der Waals surface area contributed by atoms with Crippen LogP contribution in [0.5, 0.6) is 0 Å². The first-order valence-corrected chi connectivity index (χ1v) is 11.8. The predicted molar refractivity (Wildman–Crippen MR) is 130 cm³/mol. The Morgan fingerprint density at radius 3 is 2.91 bits per heavy atom. The average Bonchev–Trinajstić information content (AvgIpc) is 3.00. The minimum Gasteiger partial charge on any atom is -0.389 e. The SMILES string of the molecule is C=CNCC(N=C(N)CCC)C1(C)C(O)C(NC(=O)c2cccc3c2CCCC3)CN1C. The lowest BCUT2D eigenvalue weighted by molar-refractivity contribution is 0.0273. The lowest BCUT2D eigenvalue weighted by atomic mass is 9.85. The fourth-order valence-corrected chi connectivity index (χ4v) is 5.14. The number of aliphatic hydroxyl groups excluding tert-OH is 1. The van der Waals surface area contributed by atoms with Gasteiger partial charge in [-0.05, 0) is 69.5 Å². The van der Waals surface area contributed by atoms with Gasteiger partial charge in [-0.1, -0.05) is 25.6 Å². The number of rotatable bonds is 9. The Hall–Kier alpha value is -2.38. The van der Waals surface area contributed by atoms with E-state index in [-0.39, 0.29) is 11.9 Å². The van der Waals surface area contributed by atoms with Crippen molar-refractivity contribution >= 4 is 11.7 Å². The van der Waals surface area contributed by atoms with Crippen LogP contribution in [-0.4, -0.2) is 65.6 Å². The number of carbonyl (C=O) groups excluding carboxylic acids is 1. The van der Waals surface area contributed by atoms with Crippen molar-refractivity contribution in [3.63, 3.8) is 0 Å². The summed E-state index contributed by atoms with van der Waals surface area (Å²) >= 11 is 0. The minimum absolute atomic E-state index is 0.111. The van der Waals surface area contributed by atoms with Crippen LogP contribution >= 0.6 is 0 Å². The van der Waals surface area contributed by atoms with Gasteiger partial charge >= 0.3 is 0 Å². The van der Waals surface area contributed by atoms with Crippen molar-refractivity contribution < 1.29 is 9.90 Å². The van der Waals surface area contributed by atoms with Crippen LogP contribution in [0, 0.1) is 0 Å². The molecule has 7 heteroatoms. The molecular formula is C25H39N5O2. The molecule has 1 amide bonds. The van der Waals surface area contributed by atoms with Crippen molar-refractivity contribution in [2.75, 3.05) is 20.1 Å². The highest BCUT2D eigenvalue weighted by Crippen LogP contribution is 2.34. The van der Waals surface area contributed by atoms with Crippen LogP contribution in [0.2, 0.25) is 0 Å². The maximum atomic E-state index is 13.2. The van der Waals surface area contributed by atoms with E-state index in [2.05, 4.69) is 35.1 Å². The molecule has 3 rings (SSSR count). The summed E-state index contributed by atoms with van der Waals surface area (Å²) in [5.41, 5.74) is 8.63. The Morgan fingerprint density at radius 2 is 2.19 bits per heavy atom. The zero-order valence-electron chi connectivity index (χ0n) is 19.7. The van der Waals surface area contributed by atoms with E-state index in [1.807, 2.05) is 26.1 Å². The van der Waals surface area contributed by atoms with E-state index in [9.17, 15) is 9.90 Å². The second-order valence-electron chi connectivity index (χ2n) is 9.28. The van der Waals surface area contributed by atoms with Gasteiger partial charge in [0, 0.05) is 25.1 Å². The van der Waals surface area contributed by atoms with E-state index < -0.39 is 17.7 Å². The zero-order chi connectivity index (χ0) is 23.3. The van der Waals surface area contributed by atoms with E-state index in [0.717, 1.165) is 36.8 Å². The number of carbonyl (C=O) groups is 1. The molecule has 1 aliphatic carbocycles. The fraction of sp³-hybridized carbons (Fsp3) is 0.600. The summed E-state index contributed by atoms with van der Waals surface area (Å²) in [4.78, 5) is 20.1. The lowest BCUT2D eigenvalue weighted by Crippen LogP contribution is -2.59. The van der Waals surface area contributed by atoms with Gasteiger partial charge in [-0.2, -0.15) is 0 Å². The maximum absolute atomic E-state index is 13.2. The molecule has 0 radical (unpaired) electrons. The van der Waals surface area contributed by atoms with Gasteiger partial charge in [-0.15, -0.1) is 0 Å². The van der Waals surface area contributed by atoms with Gasteiger partial charge in [0.25, 0.3) is 5.91 Å². The Balaban J connectivity index is 1.81. The number of hydrogen-bond donors (Lipinski definition) is 4. The topological polar surface area (TPSA) is 103 Å². The van der Waals surface area contributed by atoms with E-state index in [1.54, 1.807) is 6.20 Å². The number of aliphatic hydroxyl groups is 1. The molecule has 32 heavy (non-hydrogen) atoms. The van der Waals surface area contributed by atoms with Crippen LogP contribution in [-0.2, 0) is 12.8 Å².